The maximum absolute atomic E-state index is 5.71. The zero-order chi connectivity index (χ0) is 11.5. The summed E-state index contributed by atoms with van der Waals surface area (Å²) in [7, 11) is 0. The number of aromatic nitrogens is 3. The number of pyridine rings is 1. The number of hydrogen-bond donors (Lipinski definition) is 3. The lowest BCUT2D eigenvalue weighted by molar-refractivity contribution is 0.804. The second-order valence-corrected chi connectivity index (χ2v) is 3.77. The molecule has 2 rings (SSSR count). The van der Waals surface area contributed by atoms with Gasteiger partial charge in [-0.3, -0.25) is 0 Å². The van der Waals surface area contributed by atoms with E-state index in [4.69, 9.17) is 5.73 Å². The van der Waals surface area contributed by atoms with Gasteiger partial charge in [0.1, 0.15) is 11.6 Å². The highest BCUT2D eigenvalue weighted by atomic mass is 15.1. The zero-order valence-corrected chi connectivity index (χ0v) is 9.36. The Labute approximate surface area is 94.1 Å². The first kappa shape index (κ1) is 10.5. The van der Waals surface area contributed by atoms with Crippen LogP contribution in [-0.4, -0.2) is 15.0 Å². The molecule has 0 saturated heterocycles. The molecule has 5 heteroatoms. The Kier molecular flexibility index (Phi) is 2.76. The maximum Gasteiger partial charge on any atom is 0.128 e. The van der Waals surface area contributed by atoms with Crippen molar-refractivity contribution in [3.8, 4) is 0 Å². The molecule has 1 atom stereocenters. The predicted octanol–water partition coefficient (Wildman–Crippen LogP) is 1.87. The molecule has 2 heterocycles. The number of aromatic amines is 1. The third-order valence-electron chi connectivity index (χ3n) is 2.45. The Morgan fingerprint density at radius 2 is 2.25 bits per heavy atom. The predicted molar refractivity (Wildman–Crippen MR) is 64.0 cm³/mol. The summed E-state index contributed by atoms with van der Waals surface area (Å²) in [6.45, 7) is 3.98. The molecule has 16 heavy (non-hydrogen) atoms. The molecular weight excluding hydrogens is 202 g/mol. The number of imidazole rings is 1. The minimum absolute atomic E-state index is 0.0884. The Hall–Kier alpha value is -2.04. The molecule has 2 aromatic rings. The summed E-state index contributed by atoms with van der Waals surface area (Å²) < 4.78 is 0. The molecule has 5 nitrogen and oxygen atoms in total. The fourth-order valence-electron chi connectivity index (χ4n) is 1.45. The van der Waals surface area contributed by atoms with Gasteiger partial charge in [-0.05, 0) is 25.5 Å². The lowest BCUT2D eigenvalue weighted by atomic mass is 10.2. The van der Waals surface area contributed by atoms with Gasteiger partial charge in [-0.1, -0.05) is 0 Å². The average molecular weight is 217 g/mol. The fraction of sp³-hybridized carbons (Fsp3) is 0.273. The number of nitrogens with one attached hydrogen (secondary N) is 2. The summed E-state index contributed by atoms with van der Waals surface area (Å²) in [6, 6.07) is 2.01. The van der Waals surface area contributed by atoms with Crippen molar-refractivity contribution < 1.29 is 0 Å². The van der Waals surface area contributed by atoms with Crippen LogP contribution in [0.15, 0.2) is 24.7 Å². The van der Waals surface area contributed by atoms with E-state index in [1.807, 2.05) is 19.9 Å². The molecule has 0 aliphatic carbocycles. The molecule has 0 fully saturated rings. The highest BCUT2D eigenvalue weighted by molar-refractivity contribution is 5.51. The number of nitrogens with zero attached hydrogens (tertiary/aromatic N) is 2. The number of aryl methyl sites for hydroxylation is 1. The van der Waals surface area contributed by atoms with E-state index < -0.39 is 0 Å². The van der Waals surface area contributed by atoms with E-state index >= 15 is 0 Å². The van der Waals surface area contributed by atoms with E-state index in [-0.39, 0.29) is 6.04 Å². The summed E-state index contributed by atoms with van der Waals surface area (Å²) in [5.74, 6) is 1.69. The Balaban J connectivity index is 2.12. The molecular formula is C11H15N5. The van der Waals surface area contributed by atoms with Gasteiger partial charge in [-0.15, -0.1) is 0 Å². The van der Waals surface area contributed by atoms with E-state index in [0.29, 0.717) is 5.69 Å². The molecule has 84 valence electrons. The van der Waals surface area contributed by atoms with E-state index in [1.54, 1.807) is 18.6 Å². The number of H-pyrrole nitrogens is 1. The van der Waals surface area contributed by atoms with Crippen molar-refractivity contribution in [2.24, 2.45) is 0 Å². The van der Waals surface area contributed by atoms with Crippen LogP contribution in [0, 0.1) is 6.92 Å². The van der Waals surface area contributed by atoms with Crippen molar-refractivity contribution in [1.29, 1.82) is 0 Å². The SMILES string of the molecule is Cc1cc(NC(C)c2ncc[nH]2)ncc1N. The van der Waals surface area contributed by atoms with Crippen LogP contribution in [0.1, 0.15) is 24.4 Å². The second-order valence-electron chi connectivity index (χ2n) is 3.77. The molecule has 0 saturated carbocycles. The quantitative estimate of drug-likeness (QED) is 0.733. The number of hydrogen-bond acceptors (Lipinski definition) is 4. The van der Waals surface area contributed by atoms with E-state index in [2.05, 4.69) is 20.3 Å². The first-order valence-electron chi connectivity index (χ1n) is 5.15. The molecule has 0 aliphatic heterocycles. The van der Waals surface area contributed by atoms with Crippen molar-refractivity contribution in [3.63, 3.8) is 0 Å². The Bertz CT molecular complexity index is 463. The summed E-state index contributed by atoms with van der Waals surface area (Å²) >= 11 is 0. The largest absolute Gasteiger partial charge is 0.397 e. The topological polar surface area (TPSA) is 79.6 Å². The zero-order valence-electron chi connectivity index (χ0n) is 9.36. The lowest BCUT2D eigenvalue weighted by Gasteiger charge is -2.12. The van der Waals surface area contributed by atoms with Gasteiger partial charge < -0.3 is 16.0 Å². The van der Waals surface area contributed by atoms with E-state index in [1.165, 1.54) is 0 Å². The second kappa shape index (κ2) is 4.22. The highest BCUT2D eigenvalue weighted by Gasteiger charge is 2.08. The Morgan fingerprint density at radius 3 is 2.88 bits per heavy atom. The average Bonchev–Trinajstić information content (AvgIpc) is 2.77. The maximum atomic E-state index is 5.71. The number of nitrogen functional groups attached to an aromatic ring is 1. The van der Waals surface area contributed by atoms with E-state index in [0.717, 1.165) is 17.2 Å². The highest BCUT2D eigenvalue weighted by Crippen LogP contribution is 2.17. The van der Waals surface area contributed by atoms with Crippen molar-refractivity contribution in [2.45, 2.75) is 19.9 Å². The van der Waals surface area contributed by atoms with Crippen molar-refractivity contribution in [1.82, 2.24) is 15.0 Å². The van der Waals surface area contributed by atoms with E-state index in [9.17, 15) is 0 Å². The van der Waals surface area contributed by atoms with Crippen LogP contribution in [0.4, 0.5) is 11.5 Å². The van der Waals surface area contributed by atoms with Gasteiger partial charge in [-0.25, -0.2) is 9.97 Å². The number of rotatable bonds is 3. The van der Waals surface area contributed by atoms with Gasteiger partial charge in [0.2, 0.25) is 0 Å². The minimum Gasteiger partial charge on any atom is -0.397 e. The summed E-state index contributed by atoms with van der Waals surface area (Å²) in [5.41, 5.74) is 7.43. The smallest absolute Gasteiger partial charge is 0.128 e. The molecule has 1 unspecified atom stereocenters. The van der Waals surface area contributed by atoms with Crippen molar-refractivity contribution in [3.05, 3.63) is 36.0 Å². The van der Waals surface area contributed by atoms with Gasteiger partial charge in [-0.2, -0.15) is 0 Å². The standard InChI is InChI=1S/C11H15N5/c1-7-5-10(15-6-9(7)12)16-8(2)11-13-3-4-14-11/h3-6,8H,12H2,1-2H3,(H,13,14)(H,15,16). The fourth-order valence-corrected chi connectivity index (χ4v) is 1.45. The van der Waals surface area contributed by atoms with Crippen molar-refractivity contribution in [2.75, 3.05) is 11.1 Å². The molecule has 0 radical (unpaired) electrons. The molecule has 0 aliphatic rings. The van der Waals surface area contributed by atoms with Gasteiger partial charge in [0.25, 0.3) is 0 Å². The lowest BCUT2D eigenvalue weighted by Crippen LogP contribution is -2.09. The van der Waals surface area contributed by atoms with Crippen LogP contribution in [0.5, 0.6) is 0 Å². The molecule has 4 N–H and O–H groups in total. The molecule has 2 aromatic heterocycles. The third-order valence-corrected chi connectivity index (χ3v) is 2.45. The van der Waals surface area contributed by atoms with Crippen molar-refractivity contribution >= 4 is 11.5 Å². The first-order chi connectivity index (χ1) is 7.66. The van der Waals surface area contributed by atoms with Crippen LogP contribution in [-0.2, 0) is 0 Å². The minimum atomic E-state index is 0.0884. The molecule has 0 aromatic carbocycles. The van der Waals surface area contributed by atoms with Gasteiger partial charge in [0.05, 0.1) is 17.9 Å². The normalized spacial score (nSPS) is 12.4. The van der Waals surface area contributed by atoms with Crippen LogP contribution in [0.2, 0.25) is 0 Å². The number of nitrogens with two attached hydrogens (primary N) is 1. The van der Waals surface area contributed by atoms with Crippen LogP contribution >= 0.6 is 0 Å². The molecule has 0 bridgehead atoms. The summed E-state index contributed by atoms with van der Waals surface area (Å²) in [4.78, 5) is 11.5. The third kappa shape index (κ3) is 2.13. The summed E-state index contributed by atoms with van der Waals surface area (Å²) in [5, 5.41) is 3.25. The van der Waals surface area contributed by atoms with Gasteiger partial charge >= 0.3 is 0 Å². The number of anilines is 2. The first-order valence-corrected chi connectivity index (χ1v) is 5.15. The van der Waals surface area contributed by atoms with Gasteiger partial charge in [0.15, 0.2) is 0 Å². The summed E-state index contributed by atoms with van der Waals surface area (Å²) in [6.07, 6.45) is 5.19. The molecule has 0 spiro atoms. The van der Waals surface area contributed by atoms with Crippen LogP contribution in [0.3, 0.4) is 0 Å². The monoisotopic (exact) mass is 217 g/mol. The Morgan fingerprint density at radius 1 is 1.44 bits per heavy atom. The van der Waals surface area contributed by atoms with Crippen LogP contribution < -0.4 is 11.1 Å². The van der Waals surface area contributed by atoms with Gasteiger partial charge in [0, 0.05) is 12.4 Å². The van der Waals surface area contributed by atoms with Crippen LogP contribution in [0.25, 0.3) is 0 Å². The molecule has 0 amide bonds.